The van der Waals surface area contributed by atoms with E-state index in [1.54, 1.807) is 0 Å². The Balaban J connectivity index is 1.56. The lowest BCUT2D eigenvalue weighted by Gasteiger charge is -2.50. The summed E-state index contributed by atoms with van der Waals surface area (Å²) in [5, 5.41) is 136. The molecule has 548 valence electrons. The summed E-state index contributed by atoms with van der Waals surface area (Å²) in [7, 11) is 0. The summed E-state index contributed by atoms with van der Waals surface area (Å²) < 4.78 is 34.9. The third-order valence-corrected chi connectivity index (χ3v) is 19.1. The van der Waals surface area contributed by atoms with E-state index in [4.69, 9.17) is 28.4 Å². The molecule has 18 unspecified atom stereocenters. The number of carbonyl (C=O) groups excluding carboxylic acids is 2. The molecule has 93 heavy (non-hydrogen) atoms. The van der Waals surface area contributed by atoms with Gasteiger partial charge in [0.2, 0.25) is 11.8 Å². The maximum Gasteiger partial charge on any atom is 0.364 e. The minimum absolute atomic E-state index is 0.229. The average Bonchev–Trinajstić information content (AvgIpc) is 0.765. The second-order valence-electron chi connectivity index (χ2n) is 27.2. The van der Waals surface area contributed by atoms with Gasteiger partial charge in [0.15, 0.2) is 12.6 Å². The highest BCUT2D eigenvalue weighted by Crippen LogP contribution is 2.39. The van der Waals surface area contributed by atoms with Crippen LogP contribution in [0, 0.1) is 0 Å². The molecule has 3 rings (SSSR count). The lowest BCUT2D eigenvalue weighted by atomic mass is 9.88. The van der Waals surface area contributed by atoms with E-state index in [9.17, 15) is 75.7 Å². The molecule has 3 saturated heterocycles. The first-order valence-electron chi connectivity index (χ1n) is 36.9. The van der Waals surface area contributed by atoms with E-state index in [1.807, 2.05) is 0 Å². The number of amides is 2. The highest BCUT2D eigenvalue weighted by Gasteiger charge is 2.60. The second-order valence-corrected chi connectivity index (χ2v) is 27.2. The third-order valence-electron chi connectivity index (χ3n) is 19.1. The van der Waals surface area contributed by atoms with Crippen molar-refractivity contribution in [3.8, 4) is 0 Å². The number of ether oxygens (including phenoxy) is 6. The summed E-state index contributed by atoms with van der Waals surface area (Å²) in [4.78, 5) is 38.6. The number of rotatable bonds is 57. The second kappa shape index (κ2) is 51.0. The third kappa shape index (κ3) is 33.0. The van der Waals surface area contributed by atoms with Gasteiger partial charge in [-0.05, 0) is 12.8 Å². The number of aliphatic carboxylic acids is 1. The molecular formula is C70H132N2O21. The summed E-state index contributed by atoms with van der Waals surface area (Å²) in [6.45, 7) is 2.24. The van der Waals surface area contributed by atoms with Gasteiger partial charge in [0.25, 0.3) is 5.79 Å². The van der Waals surface area contributed by atoms with Gasteiger partial charge in [0.1, 0.15) is 67.1 Å². The summed E-state index contributed by atoms with van der Waals surface area (Å²) >= 11 is 0. The van der Waals surface area contributed by atoms with E-state index in [-0.39, 0.29) is 18.9 Å². The highest BCUT2D eigenvalue weighted by molar-refractivity contribution is 5.77. The number of carboxylic acid groups (broad SMARTS) is 1. The van der Waals surface area contributed by atoms with Crippen LogP contribution >= 0.6 is 0 Å². The van der Waals surface area contributed by atoms with Crippen LogP contribution in [-0.4, -0.2) is 215 Å². The topological polar surface area (TPSA) is 373 Å². The fourth-order valence-corrected chi connectivity index (χ4v) is 13.2. The maximum absolute atomic E-state index is 13.5. The number of carbonyl (C=O) groups is 3. The Bertz CT molecular complexity index is 1880. The number of hydrogen-bond acceptors (Lipinski definition) is 20. The van der Waals surface area contributed by atoms with Crippen molar-refractivity contribution >= 4 is 17.8 Å². The molecule has 23 nitrogen and oxygen atoms in total. The zero-order valence-corrected chi connectivity index (χ0v) is 57.4. The first-order valence-corrected chi connectivity index (χ1v) is 36.9. The number of unbranched alkanes of at least 4 members (excludes halogenated alkanes) is 37. The zero-order chi connectivity index (χ0) is 68.2. The van der Waals surface area contributed by atoms with Gasteiger partial charge in [-0.2, -0.15) is 0 Å². The fourth-order valence-electron chi connectivity index (χ4n) is 13.2. The molecular weight excluding hydrogens is 1200 g/mol. The van der Waals surface area contributed by atoms with Crippen molar-refractivity contribution in [2.45, 2.75) is 400 Å². The monoisotopic (exact) mass is 1340 g/mol. The molecule has 0 aliphatic carbocycles. The molecule has 23 heteroatoms. The predicted molar refractivity (Wildman–Crippen MR) is 352 cm³/mol. The molecule has 3 fully saturated rings. The van der Waals surface area contributed by atoms with Crippen LogP contribution in [-0.2, 0) is 42.8 Å². The standard InChI is InChI=1S/C70H132N2O21/c1-4-6-8-10-12-14-16-18-20-22-23-24-25-26-27-28-29-31-33-35-37-39-41-43-52(77)51(72-57(80)44-42-40-38-36-34-32-30-21-19-17-15-13-11-9-7-5-2)49-88-67-62(84)61(83)64(56(48-75)90-67)91-68-63(85)66(60(82)55(47-74)89-68)93-70(69(86)87)45-53(78)58(71-50(3)76)65(92-70)59(81)54(79)46-73/h51-56,58-68,73-75,77-79,81-85H,4-49H2,1-3H3,(H,71,76)(H,72,80)(H,86,87). The fraction of sp³-hybridized carbons (Fsp3) is 0.957. The van der Waals surface area contributed by atoms with Gasteiger partial charge in [0.05, 0.1) is 50.7 Å². The van der Waals surface area contributed by atoms with Gasteiger partial charge in [-0.25, -0.2) is 4.79 Å². The van der Waals surface area contributed by atoms with Crippen molar-refractivity contribution in [2.24, 2.45) is 0 Å². The molecule has 3 aliphatic rings. The molecule has 0 aromatic carbocycles. The van der Waals surface area contributed by atoms with Gasteiger partial charge in [-0.3, -0.25) is 9.59 Å². The highest BCUT2D eigenvalue weighted by atomic mass is 16.8. The van der Waals surface area contributed by atoms with E-state index < -0.39 is 148 Å². The largest absolute Gasteiger partial charge is 0.477 e. The minimum atomic E-state index is -3.08. The van der Waals surface area contributed by atoms with Crippen LogP contribution in [0.15, 0.2) is 0 Å². The Hall–Kier alpha value is -2.27. The summed E-state index contributed by atoms with van der Waals surface area (Å²) in [6, 6.07) is -2.52. The maximum atomic E-state index is 13.5. The van der Waals surface area contributed by atoms with Crippen molar-refractivity contribution in [2.75, 3.05) is 26.4 Å². The number of aliphatic hydroxyl groups excluding tert-OH is 11. The molecule has 2 amide bonds. The first kappa shape index (κ1) is 85.0. The van der Waals surface area contributed by atoms with E-state index >= 15 is 0 Å². The zero-order valence-electron chi connectivity index (χ0n) is 57.4. The summed E-state index contributed by atoms with van der Waals surface area (Å²) in [5.74, 6) is -6.09. The lowest BCUT2D eigenvalue weighted by molar-refractivity contribution is -0.386. The van der Waals surface area contributed by atoms with Crippen LogP contribution in [0.3, 0.4) is 0 Å². The summed E-state index contributed by atoms with van der Waals surface area (Å²) in [6.07, 6.45) is 19.5. The van der Waals surface area contributed by atoms with Crippen molar-refractivity contribution < 1.29 is 104 Å². The Morgan fingerprint density at radius 2 is 0.935 bits per heavy atom. The van der Waals surface area contributed by atoms with Crippen LogP contribution in [0.5, 0.6) is 0 Å². The van der Waals surface area contributed by atoms with Crippen molar-refractivity contribution in [3.05, 3.63) is 0 Å². The Kier molecular flexibility index (Phi) is 46.6. The summed E-state index contributed by atoms with van der Waals surface area (Å²) in [5.41, 5.74) is 0. The normalized spacial score (nSPS) is 28.0. The van der Waals surface area contributed by atoms with Gasteiger partial charge in [0, 0.05) is 19.8 Å². The van der Waals surface area contributed by atoms with Crippen molar-refractivity contribution in [1.82, 2.24) is 10.6 Å². The molecule has 0 spiro atoms. The van der Waals surface area contributed by atoms with E-state index in [2.05, 4.69) is 24.5 Å². The molecule has 0 aromatic rings. The first-order chi connectivity index (χ1) is 44.9. The molecule has 0 saturated carbocycles. The Labute approximate surface area is 557 Å². The van der Waals surface area contributed by atoms with Crippen molar-refractivity contribution in [3.63, 3.8) is 0 Å². The molecule has 3 heterocycles. The number of nitrogens with one attached hydrogen (secondary N) is 2. The van der Waals surface area contributed by atoms with Gasteiger partial charge >= 0.3 is 5.97 Å². The van der Waals surface area contributed by atoms with Crippen LogP contribution in [0.25, 0.3) is 0 Å². The van der Waals surface area contributed by atoms with Gasteiger partial charge in [-0.1, -0.05) is 258 Å². The number of aliphatic hydroxyl groups is 11. The number of carboxylic acids is 1. The molecule has 0 bridgehead atoms. The molecule has 0 radical (unpaired) electrons. The predicted octanol–water partition coefficient (Wildman–Crippen LogP) is 7.68. The number of hydrogen-bond donors (Lipinski definition) is 14. The van der Waals surface area contributed by atoms with Crippen LogP contribution in [0.4, 0.5) is 0 Å². The molecule has 3 aliphatic heterocycles. The van der Waals surface area contributed by atoms with E-state index in [0.29, 0.717) is 19.3 Å². The van der Waals surface area contributed by atoms with Crippen LogP contribution in [0.1, 0.15) is 290 Å². The molecule has 0 aromatic heterocycles. The SMILES string of the molecule is CCCCCCCCCCCCCCCCCCCCCCCCCC(O)C(COC1OC(CO)C(OC2OC(CO)C(O)C(OC3(C(=O)O)CC(O)C(NC(C)=O)C(C(O)C(O)CO)O3)C2O)C(O)C1O)NC(=O)CCCCCCCCCCCCCCCCCC. The van der Waals surface area contributed by atoms with Crippen LogP contribution < -0.4 is 10.6 Å². The quantitative estimate of drug-likeness (QED) is 0.0260. The van der Waals surface area contributed by atoms with Gasteiger partial charge < -0.3 is 100 Å². The Morgan fingerprint density at radius 3 is 1.34 bits per heavy atom. The lowest BCUT2D eigenvalue weighted by Crippen LogP contribution is -2.70. The average molecular weight is 1340 g/mol. The Morgan fingerprint density at radius 1 is 0.516 bits per heavy atom. The van der Waals surface area contributed by atoms with Crippen LogP contribution in [0.2, 0.25) is 0 Å². The molecule has 14 N–H and O–H groups in total. The van der Waals surface area contributed by atoms with Gasteiger partial charge in [-0.15, -0.1) is 0 Å². The molecule has 18 atom stereocenters. The van der Waals surface area contributed by atoms with Crippen molar-refractivity contribution in [1.29, 1.82) is 0 Å². The smallest absolute Gasteiger partial charge is 0.364 e. The van der Waals surface area contributed by atoms with E-state index in [0.717, 1.165) is 51.9 Å². The minimum Gasteiger partial charge on any atom is -0.477 e. The van der Waals surface area contributed by atoms with E-state index in [1.165, 1.54) is 193 Å².